The smallest absolute Gasteiger partial charge is 0.243 e. The van der Waals surface area contributed by atoms with Crippen molar-refractivity contribution in [1.82, 2.24) is 0 Å². The van der Waals surface area contributed by atoms with Gasteiger partial charge in [0.1, 0.15) is 0 Å². The number of benzene rings is 2. The highest BCUT2D eigenvalue weighted by Gasteiger charge is 2.08. The van der Waals surface area contributed by atoms with E-state index in [0.29, 0.717) is 27.2 Å². The zero-order valence-electron chi connectivity index (χ0n) is 12.7. The molecule has 0 aromatic heterocycles. The van der Waals surface area contributed by atoms with Gasteiger partial charge in [-0.2, -0.15) is 0 Å². The van der Waals surface area contributed by atoms with Crippen LogP contribution in [-0.2, 0) is 4.79 Å². The van der Waals surface area contributed by atoms with E-state index in [0.717, 1.165) is 5.69 Å². The Morgan fingerprint density at radius 3 is 2.48 bits per heavy atom. The average molecular weight is 355 g/mol. The fourth-order valence-corrected chi connectivity index (χ4v) is 2.25. The quantitative estimate of drug-likeness (QED) is 0.820. The van der Waals surface area contributed by atoms with Crippen LogP contribution in [-0.4, -0.2) is 26.7 Å². The van der Waals surface area contributed by atoms with Crippen molar-refractivity contribution in [3.63, 3.8) is 0 Å². The SMILES string of the molecule is COc1ccc(NCC(=O)Nc2cc(Cl)ccc2Cl)cc1OC. The monoisotopic (exact) mass is 354 g/mol. The zero-order chi connectivity index (χ0) is 16.8. The lowest BCUT2D eigenvalue weighted by Gasteiger charge is -2.12. The van der Waals surface area contributed by atoms with Gasteiger partial charge in [-0.3, -0.25) is 4.79 Å². The minimum atomic E-state index is -0.246. The first kappa shape index (κ1) is 17.2. The molecule has 0 saturated carbocycles. The second kappa shape index (κ2) is 7.94. The van der Waals surface area contributed by atoms with E-state index in [1.165, 1.54) is 0 Å². The number of carbonyl (C=O) groups is 1. The van der Waals surface area contributed by atoms with Crippen molar-refractivity contribution < 1.29 is 14.3 Å². The Morgan fingerprint density at radius 2 is 1.78 bits per heavy atom. The Bertz CT molecular complexity index is 708. The van der Waals surface area contributed by atoms with Crippen LogP contribution in [0, 0.1) is 0 Å². The first-order chi connectivity index (χ1) is 11.0. The molecule has 0 fully saturated rings. The zero-order valence-corrected chi connectivity index (χ0v) is 14.2. The number of amides is 1. The van der Waals surface area contributed by atoms with Crippen LogP contribution in [0.3, 0.4) is 0 Å². The van der Waals surface area contributed by atoms with Crippen LogP contribution < -0.4 is 20.1 Å². The largest absolute Gasteiger partial charge is 0.493 e. The predicted molar refractivity (Wildman–Crippen MR) is 93.1 cm³/mol. The van der Waals surface area contributed by atoms with Gasteiger partial charge in [-0.15, -0.1) is 0 Å². The summed E-state index contributed by atoms with van der Waals surface area (Å²) in [7, 11) is 3.11. The Labute approximate surface area is 144 Å². The molecule has 0 bridgehead atoms. The van der Waals surface area contributed by atoms with Crippen molar-refractivity contribution in [2.45, 2.75) is 0 Å². The Balaban J connectivity index is 1.98. The van der Waals surface area contributed by atoms with Gasteiger partial charge in [0.05, 0.1) is 31.5 Å². The highest BCUT2D eigenvalue weighted by Crippen LogP contribution is 2.29. The minimum Gasteiger partial charge on any atom is -0.493 e. The molecule has 2 rings (SSSR count). The highest BCUT2D eigenvalue weighted by atomic mass is 35.5. The van der Waals surface area contributed by atoms with E-state index >= 15 is 0 Å². The van der Waals surface area contributed by atoms with Gasteiger partial charge in [-0.25, -0.2) is 0 Å². The summed E-state index contributed by atoms with van der Waals surface area (Å²) in [6, 6.07) is 10.2. The molecule has 0 atom stereocenters. The third-order valence-electron chi connectivity index (χ3n) is 3.04. The topological polar surface area (TPSA) is 59.6 Å². The molecule has 0 aliphatic rings. The second-order valence-electron chi connectivity index (χ2n) is 4.60. The van der Waals surface area contributed by atoms with Crippen LogP contribution >= 0.6 is 23.2 Å². The van der Waals surface area contributed by atoms with E-state index in [4.69, 9.17) is 32.7 Å². The molecule has 0 unspecified atom stereocenters. The van der Waals surface area contributed by atoms with Gasteiger partial charge >= 0.3 is 0 Å². The maximum Gasteiger partial charge on any atom is 0.243 e. The van der Waals surface area contributed by atoms with Gasteiger partial charge in [-0.1, -0.05) is 23.2 Å². The minimum absolute atomic E-state index is 0.0678. The number of ether oxygens (including phenoxy) is 2. The molecule has 5 nitrogen and oxygen atoms in total. The number of hydrogen-bond acceptors (Lipinski definition) is 4. The fraction of sp³-hybridized carbons (Fsp3) is 0.188. The van der Waals surface area contributed by atoms with Gasteiger partial charge in [0.15, 0.2) is 11.5 Å². The Hall–Kier alpha value is -2.11. The van der Waals surface area contributed by atoms with Gasteiger partial charge in [0.25, 0.3) is 0 Å². The van der Waals surface area contributed by atoms with Crippen LogP contribution in [0.5, 0.6) is 11.5 Å². The molecule has 7 heteroatoms. The van der Waals surface area contributed by atoms with E-state index in [9.17, 15) is 4.79 Å². The predicted octanol–water partition coefficient (Wildman–Crippen LogP) is 4.06. The fourth-order valence-electron chi connectivity index (χ4n) is 1.92. The molecule has 1 amide bonds. The van der Waals surface area contributed by atoms with E-state index in [1.807, 2.05) is 0 Å². The van der Waals surface area contributed by atoms with E-state index in [-0.39, 0.29) is 12.5 Å². The molecule has 2 aromatic carbocycles. The summed E-state index contributed by atoms with van der Waals surface area (Å²) in [5.74, 6) is 0.952. The molecule has 0 spiro atoms. The van der Waals surface area contributed by atoms with Crippen molar-refractivity contribution in [2.75, 3.05) is 31.4 Å². The number of carbonyl (C=O) groups excluding carboxylic acids is 1. The van der Waals surface area contributed by atoms with Crippen LogP contribution in [0.4, 0.5) is 11.4 Å². The normalized spacial score (nSPS) is 10.1. The van der Waals surface area contributed by atoms with Crippen molar-refractivity contribution in [2.24, 2.45) is 0 Å². The molecule has 2 N–H and O–H groups in total. The van der Waals surface area contributed by atoms with Crippen molar-refractivity contribution >= 4 is 40.5 Å². The molecule has 2 aromatic rings. The van der Waals surface area contributed by atoms with E-state index < -0.39 is 0 Å². The van der Waals surface area contributed by atoms with Crippen LogP contribution in [0.15, 0.2) is 36.4 Å². The number of halogens is 2. The standard InChI is InChI=1S/C16H16Cl2N2O3/c1-22-14-6-4-11(8-15(14)23-2)19-9-16(21)20-13-7-10(17)3-5-12(13)18/h3-8,19H,9H2,1-2H3,(H,20,21). The number of nitrogens with one attached hydrogen (secondary N) is 2. The summed E-state index contributed by atoms with van der Waals surface area (Å²) >= 11 is 11.9. The number of hydrogen-bond donors (Lipinski definition) is 2. The molecule has 0 aliphatic carbocycles. The number of methoxy groups -OCH3 is 2. The average Bonchev–Trinajstić information content (AvgIpc) is 2.56. The maximum absolute atomic E-state index is 12.0. The summed E-state index contributed by atoms with van der Waals surface area (Å²) in [6.07, 6.45) is 0. The van der Waals surface area contributed by atoms with Crippen LogP contribution in [0.2, 0.25) is 10.0 Å². The lowest BCUT2D eigenvalue weighted by Crippen LogP contribution is -2.21. The molecular formula is C16H16Cl2N2O3. The molecular weight excluding hydrogens is 339 g/mol. The first-order valence-corrected chi connectivity index (χ1v) is 7.50. The number of rotatable bonds is 6. The van der Waals surface area contributed by atoms with Gasteiger partial charge in [0.2, 0.25) is 5.91 Å². The van der Waals surface area contributed by atoms with Crippen LogP contribution in [0.1, 0.15) is 0 Å². The van der Waals surface area contributed by atoms with Gasteiger partial charge < -0.3 is 20.1 Å². The van der Waals surface area contributed by atoms with Crippen molar-refractivity contribution in [3.8, 4) is 11.5 Å². The summed E-state index contributed by atoms with van der Waals surface area (Å²) in [6.45, 7) is 0.0678. The first-order valence-electron chi connectivity index (χ1n) is 6.74. The summed E-state index contributed by atoms with van der Waals surface area (Å²) in [5.41, 5.74) is 1.20. The second-order valence-corrected chi connectivity index (χ2v) is 5.44. The third-order valence-corrected chi connectivity index (χ3v) is 3.60. The van der Waals surface area contributed by atoms with Gasteiger partial charge in [-0.05, 0) is 30.3 Å². The Morgan fingerprint density at radius 1 is 1.04 bits per heavy atom. The number of anilines is 2. The summed E-state index contributed by atoms with van der Waals surface area (Å²) < 4.78 is 10.4. The van der Waals surface area contributed by atoms with Gasteiger partial charge in [0, 0.05) is 16.8 Å². The molecule has 0 aliphatic heterocycles. The molecule has 122 valence electrons. The lowest BCUT2D eigenvalue weighted by molar-refractivity contribution is -0.114. The molecule has 0 heterocycles. The molecule has 0 saturated heterocycles. The molecule has 0 radical (unpaired) electrons. The summed E-state index contributed by atoms with van der Waals surface area (Å²) in [5, 5.41) is 6.62. The van der Waals surface area contributed by atoms with E-state index in [1.54, 1.807) is 50.6 Å². The van der Waals surface area contributed by atoms with Crippen molar-refractivity contribution in [1.29, 1.82) is 0 Å². The van der Waals surface area contributed by atoms with E-state index in [2.05, 4.69) is 10.6 Å². The highest BCUT2D eigenvalue weighted by molar-refractivity contribution is 6.35. The Kier molecular flexibility index (Phi) is 5.96. The molecule has 23 heavy (non-hydrogen) atoms. The lowest BCUT2D eigenvalue weighted by atomic mass is 10.2. The summed E-state index contributed by atoms with van der Waals surface area (Å²) in [4.78, 5) is 12.0. The van der Waals surface area contributed by atoms with Crippen LogP contribution in [0.25, 0.3) is 0 Å². The maximum atomic E-state index is 12.0. The third kappa shape index (κ3) is 4.68. The van der Waals surface area contributed by atoms with Crippen molar-refractivity contribution in [3.05, 3.63) is 46.4 Å².